The number of hydrogen-bond acceptors (Lipinski definition) is 2. The van der Waals surface area contributed by atoms with Crippen molar-refractivity contribution >= 4 is 23.3 Å². The third kappa shape index (κ3) is 3.16. The third-order valence-corrected chi connectivity index (χ3v) is 3.96. The summed E-state index contributed by atoms with van der Waals surface area (Å²) in [6.07, 6.45) is 2.08. The van der Waals surface area contributed by atoms with E-state index < -0.39 is 5.97 Å². The minimum atomic E-state index is -0.700. The molecule has 1 heterocycles. The molecular formula is C14H18ClNO2. The lowest BCUT2D eigenvalue weighted by Gasteiger charge is -2.39. The summed E-state index contributed by atoms with van der Waals surface area (Å²) in [5.74, 6) is -0.700. The molecule has 0 radical (unpaired) electrons. The van der Waals surface area contributed by atoms with Gasteiger partial charge in [0, 0.05) is 23.8 Å². The molecule has 0 saturated carbocycles. The summed E-state index contributed by atoms with van der Waals surface area (Å²) in [4.78, 5) is 13.1. The molecular weight excluding hydrogens is 250 g/mol. The molecule has 1 saturated heterocycles. The Morgan fingerprint density at radius 2 is 2.11 bits per heavy atom. The molecule has 2 rings (SSSR count). The summed E-state index contributed by atoms with van der Waals surface area (Å²) in [7, 11) is 0. The lowest BCUT2D eigenvalue weighted by Crippen LogP contribution is -2.39. The first kappa shape index (κ1) is 13.2. The standard InChI is InChI=1S/C14H18ClNO2/c1-14(10-13(17)18)5-7-16(8-6-14)12-4-2-3-11(15)9-12/h2-4,9H,5-8,10H2,1H3,(H,17,18). The van der Waals surface area contributed by atoms with Gasteiger partial charge in [0.2, 0.25) is 0 Å². The number of carbonyl (C=O) groups is 1. The van der Waals surface area contributed by atoms with E-state index in [1.165, 1.54) is 0 Å². The van der Waals surface area contributed by atoms with Gasteiger partial charge in [0.05, 0.1) is 6.42 Å². The van der Waals surface area contributed by atoms with Gasteiger partial charge in [0.1, 0.15) is 0 Å². The molecule has 0 spiro atoms. The Bertz CT molecular complexity index is 439. The summed E-state index contributed by atoms with van der Waals surface area (Å²) in [6, 6.07) is 7.82. The zero-order valence-corrected chi connectivity index (χ0v) is 11.3. The number of anilines is 1. The zero-order chi connectivity index (χ0) is 13.2. The Labute approximate surface area is 112 Å². The molecule has 1 aromatic rings. The van der Waals surface area contributed by atoms with Gasteiger partial charge in [0.15, 0.2) is 0 Å². The van der Waals surface area contributed by atoms with Crippen LogP contribution >= 0.6 is 11.6 Å². The van der Waals surface area contributed by atoms with Crippen LogP contribution in [0.3, 0.4) is 0 Å². The maximum absolute atomic E-state index is 10.8. The predicted molar refractivity (Wildman–Crippen MR) is 73.3 cm³/mol. The monoisotopic (exact) mass is 267 g/mol. The summed E-state index contributed by atoms with van der Waals surface area (Å²) in [5, 5.41) is 9.66. The van der Waals surface area contributed by atoms with Crippen LogP contribution in [-0.4, -0.2) is 24.2 Å². The van der Waals surface area contributed by atoms with Crippen LogP contribution in [0, 0.1) is 5.41 Å². The first-order valence-electron chi connectivity index (χ1n) is 6.21. The molecule has 0 aliphatic carbocycles. The number of benzene rings is 1. The molecule has 4 heteroatoms. The molecule has 0 bridgehead atoms. The van der Waals surface area contributed by atoms with Gasteiger partial charge in [-0.1, -0.05) is 24.6 Å². The van der Waals surface area contributed by atoms with Gasteiger partial charge >= 0.3 is 5.97 Å². The van der Waals surface area contributed by atoms with Gasteiger partial charge in [-0.05, 0) is 36.5 Å². The van der Waals surface area contributed by atoms with Crippen molar-refractivity contribution in [3.63, 3.8) is 0 Å². The second-order valence-electron chi connectivity index (χ2n) is 5.35. The Morgan fingerprint density at radius 3 is 2.67 bits per heavy atom. The number of halogens is 1. The van der Waals surface area contributed by atoms with Crippen LogP contribution < -0.4 is 4.90 Å². The van der Waals surface area contributed by atoms with Gasteiger partial charge in [-0.3, -0.25) is 4.79 Å². The molecule has 3 nitrogen and oxygen atoms in total. The van der Waals surface area contributed by atoms with E-state index in [1.54, 1.807) is 0 Å². The van der Waals surface area contributed by atoms with Gasteiger partial charge in [-0.2, -0.15) is 0 Å². The average Bonchev–Trinajstić information content (AvgIpc) is 2.28. The first-order valence-corrected chi connectivity index (χ1v) is 6.59. The van der Waals surface area contributed by atoms with E-state index in [9.17, 15) is 4.79 Å². The Morgan fingerprint density at radius 1 is 1.44 bits per heavy atom. The highest BCUT2D eigenvalue weighted by Gasteiger charge is 2.32. The van der Waals surface area contributed by atoms with E-state index >= 15 is 0 Å². The lowest BCUT2D eigenvalue weighted by atomic mass is 9.77. The fourth-order valence-electron chi connectivity index (χ4n) is 2.52. The minimum absolute atomic E-state index is 0.0685. The molecule has 98 valence electrons. The first-order chi connectivity index (χ1) is 8.48. The highest BCUT2D eigenvalue weighted by Crippen LogP contribution is 2.36. The molecule has 0 atom stereocenters. The van der Waals surface area contributed by atoms with Crippen LogP contribution in [-0.2, 0) is 4.79 Å². The smallest absolute Gasteiger partial charge is 0.303 e. The van der Waals surface area contributed by atoms with Gasteiger partial charge in [-0.15, -0.1) is 0 Å². The molecule has 0 amide bonds. The van der Waals surface area contributed by atoms with Crippen molar-refractivity contribution in [3.8, 4) is 0 Å². The number of piperidine rings is 1. The van der Waals surface area contributed by atoms with Crippen molar-refractivity contribution in [1.82, 2.24) is 0 Å². The highest BCUT2D eigenvalue weighted by molar-refractivity contribution is 6.30. The van der Waals surface area contributed by atoms with Crippen molar-refractivity contribution in [2.45, 2.75) is 26.2 Å². The van der Waals surface area contributed by atoms with E-state index in [0.717, 1.165) is 36.6 Å². The van der Waals surface area contributed by atoms with Crippen LogP contribution in [0.2, 0.25) is 5.02 Å². The maximum atomic E-state index is 10.8. The SMILES string of the molecule is CC1(CC(=O)O)CCN(c2cccc(Cl)c2)CC1. The van der Waals surface area contributed by atoms with Crippen molar-refractivity contribution in [2.24, 2.45) is 5.41 Å². The van der Waals surface area contributed by atoms with Crippen LogP contribution in [0.5, 0.6) is 0 Å². The quantitative estimate of drug-likeness (QED) is 0.912. The van der Waals surface area contributed by atoms with Crippen molar-refractivity contribution in [2.75, 3.05) is 18.0 Å². The predicted octanol–water partition coefficient (Wildman–Crippen LogP) is 3.42. The van der Waals surface area contributed by atoms with Gasteiger partial charge in [0.25, 0.3) is 0 Å². The second-order valence-corrected chi connectivity index (χ2v) is 5.78. The van der Waals surface area contributed by atoms with Crippen molar-refractivity contribution < 1.29 is 9.90 Å². The number of nitrogens with zero attached hydrogens (tertiary/aromatic N) is 1. The minimum Gasteiger partial charge on any atom is -0.481 e. The van der Waals surface area contributed by atoms with Crippen LogP contribution in [0.1, 0.15) is 26.2 Å². The molecule has 1 aromatic carbocycles. The van der Waals surface area contributed by atoms with Crippen molar-refractivity contribution in [3.05, 3.63) is 29.3 Å². The summed E-state index contributed by atoms with van der Waals surface area (Å²) < 4.78 is 0. The van der Waals surface area contributed by atoms with E-state index in [1.807, 2.05) is 24.3 Å². The average molecular weight is 268 g/mol. The topological polar surface area (TPSA) is 40.5 Å². The van der Waals surface area contributed by atoms with Crippen LogP contribution in [0.25, 0.3) is 0 Å². The Hall–Kier alpha value is -1.22. The fourth-order valence-corrected chi connectivity index (χ4v) is 2.70. The maximum Gasteiger partial charge on any atom is 0.303 e. The molecule has 18 heavy (non-hydrogen) atoms. The number of carboxylic acids is 1. The Balaban J connectivity index is 2.00. The molecule has 1 N–H and O–H groups in total. The number of rotatable bonds is 3. The fraction of sp³-hybridized carbons (Fsp3) is 0.500. The highest BCUT2D eigenvalue weighted by atomic mass is 35.5. The Kier molecular flexibility index (Phi) is 3.81. The molecule has 1 aliphatic heterocycles. The summed E-state index contributed by atoms with van der Waals surface area (Å²) >= 11 is 5.98. The van der Waals surface area contributed by atoms with Crippen LogP contribution in [0.4, 0.5) is 5.69 Å². The number of hydrogen-bond donors (Lipinski definition) is 1. The van der Waals surface area contributed by atoms with E-state index in [0.29, 0.717) is 0 Å². The largest absolute Gasteiger partial charge is 0.481 e. The second kappa shape index (κ2) is 5.19. The van der Waals surface area contributed by atoms with Crippen molar-refractivity contribution in [1.29, 1.82) is 0 Å². The molecule has 1 aliphatic rings. The normalized spacial score (nSPS) is 18.7. The van der Waals surface area contributed by atoms with E-state index in [-0.39, 0.29) is 11.8 Å². The lowest BCUT2D eigenvalue weighted by molar-refractivity contribution is -0.139. The summed E-state index contributed by atoms with van der Waals surface area (Å²) in [6.45, 7) is 3.85. The molecule has 0 unspecified atom stereocenters. The van der Waals surface area contributed by atoms with Gasteiger partial charge in [-0.25, -0.2) is 0 Å². The molecule has 0 aromatic heterocycles. The van der Waals surface area contributed by atoms with E-state index in [2.05, 4.69) is 11.8 Å². The zero-order valence-electron chi connectivity index (χ0n) is 10.5. The third-order valence-electron chi connectivity index (χ3n) is 3.72. The van der Waals surface area contributed by atoms with E-state index in [4.69, 9.17) is 16.7 Å². The summed E-state index contributed by atoms with van der Waals surface area (Å²) in [5.41, 5.74) is 1.06. The molecule has 1 fully saturated rings. The number of carboxylic acid groups (broad SMARTS) is 1. The van der Waals surface area contributed by atoms with Crippen LogP contribution in [0.15, 0.2) is 24.3 Å². The number of aliphatic carboxylic acids is 1. The van der Waals surface area contributed by atoms with Gasteiger partial charge < -0.3 is 10.0 Å².